The van der Waals surface area contributed by atoms with Gasteiger partial charge in [0.1, 0.15) is 5.76 Å². The lowest BCUT2D eigenvalue weighted by molar-refractivity contribution is -0.130. The van der Waals surface area contributed by atoms with Gasteiger partial charge in [0.2, 0.25) is 11.8 Å². The maximum absolute atomic E-state index is 12.2. The van der Waals surface area contributed by atoms with Crippen LogP contribution in [0.5, 0.6) is 0 Å². The quantitative estimate of drug-likeness (QED) is 0.824. The van der Waals surface area contributed by atoms with Crippen LogP contribution in [0.2, 0.25) is 0 Å². The lowest BCUT2D eigenvalue weighted by atomic mass is 10.2. The van der Waals surface area contributed by atoms with Crippen LogP contribution in [0.3, 0.4) is 0 Å². The number of anilines is 1. The number of rotatable bonds is 6. The number of hydrogen-bond donors (Lipinski definition) is 0. The van der Waals surface area contributed by atoms with Gasteiger partial charge in [-0.2, -0.15) is 0 Å². The van der Waals surface area contributed by atoms with Crippen molar-refractivity contribution < 1.29 is 14.0 Å². The standard InChI is InChI=1S/C17H20N2O3/c1-14(20)19(13-16-9-6-12-22-16)11-10-17(21)18(2)15-7-4-3-5-8-15/h3-9,12H,10-11,13H2,1-2H3. The molecule has 0 spiro atoms. The number of hydrogen-bond acceptors (Lipinski definition) is 3. The lowest BCUT2D eigenvalue weighted by Gasteiger charge is -2.22. The molecule has 0 saturated heterocycles. The van der Waals surface area contributed by atoms with Gasteiger partial charge in [0.25, 0.3) is 0 Å². The second kappa shape index (κ2) is 7.45. The van der Waals surface area contributed by atoms with E-state index in [1.807, 2.05) is 36.4 Å². The van der Waals surface area contributed by atoms with Crippen LogP contribution in [0, 0.1) is 0 Å². The first kappa shape index (κ1) is 15.8. The summed E-state index contributed by atoms with van der Waals surface area (Å²) in [5, 5.41) is 0. The molecule has 2 rings (SSSR count). The van der Waals surface area contributed by atoms with E-state index in [0.29, 0.717) is 18.8 Å². The summed E-state index contributed by atoms with van der Waals surface area (Å²) in [6, 6.07) is 13.0. The fourth-order valence-corrected chi connectivity index (χ4v) is 2.13. The van der Waals surface area contributed by atoms with E-state index in [9.17, 15) is 9.59 Å². The second-order valence-corrected chi connectivity index (χ2v) is 5.06. The molecular formula is C17H20N2O3. The van der Waals surface area contributed by atoms with Crippen LogP contribution in [0.25, 0.3) is 0 Å². The Morgan fingerprint density at radius 2 is 1.82 bits per heavy atom. The Balaban J connectivity index is 1.91. The first-order chi connectivity index (χ1) is 10.6. The summed E-state index contributed by atoms with van der Waals surface area (Å²) in [5.41, 5.74) is 0.841. The molecule has 0 bridgehead atoms. The zero-order chi connectivity index (χ0) is 15.9. The summed E-state index contributed by atoms with van der Waals surface area (Å²) in [7, 11) is 1.74. The summed E-state index contributed by atoms with van der Waals surface area (Å²) in [5.74, 6) is 0.600. The minimum absolute atomic E-state index is 0.0307. The van der Waals surface area contributed by atoms with Crippen molar-refractivity contribution in [3.8, 4) is 0 Å². The SMILES string of the molecule is CC(=O)N(CCC(=O)N(C)c1ccccc1)Cc1ccco1. The Labute approximate surface area is 130 Å². The van der Waals surface area contributed by atoms with Crippen LogP contribution in [0.1, 0.15) is 19.1 Å². The van der Waals surface area contributed by atoms with E-state index in [-0.39, 0.29) is 18.2 Å². The highest BCUT2D eigenvalue weighted by atomic mass is 16.3. The molecule has 5 heteroatoms. The largest absolute Gasteiger partial charge is 0.467 e. The van der Waals surface area contributed by atoms with Crippen molar-refractivity contribution in [3.05, 3.63) is 54.5 Å². The molecule has 22 heavy (non-hydrogen) atoms. The highest BCUT2D eigenvalue weighted by molar-refractivity contribution is 5.93. The number of benzene rings is 1. The van der Waals surface area contributed by atoms with E-state index < -0.39 is 0 Å². The topological polar surface area (TPSA) is 53.8 Å². The number of amides is 2. The fraction of sp³-hybridized carbons (Fsp3) is 0.294. The van der Waals surface area contributed by atoms with Crippen LogP contribution < -0.4 is 4.90 Å². The van der Waals surface area contributed by atoms with E-state index in [2.05, 4.69) is 0 Å². The lowest BCUT2D eigenvalue weighted by Crippen LogP contribution is -2.34. The molecule has 0 atom stereocenters. The van der Waals surface area contributed by atoms with E-state index in [1.165, 1.54) is 6.92 Å². The Morgan fingerprint density at radius 1 is 1.09 bits per heavy atom. The number of furan rings is 1. The predicted octanol–water partition coefficient (Wildman–Crippen LogP) is 2.68. The molecule has 0 radical (unpaired) electrons. The van der Waals surface area contributed by atoms with Crippen LogP contribution in [-0.4, -0.2) is 30.3 Å². The van der Waals surface area contributed by atoms with E-state index in [4.69, 9.17) is 4.42 Å². The fourth-order valence-electron chi connectivity index (χ4n) is 2.13. The van der Waals surface area contributed by atoms with Gasteiger partial charge >= 0.3 is 0 Å². The summed E-state index contributed by atoms with van der Waals surface area (Å²) >= 11 is 0. The molecule has 0 saturated carbocycles. The van der Waals surface area contributed by atoms with Gasteiger partial charge < -0.3 is 14.2 Å². The third kappa shape index (κ3) is 4.22. The maximum Gasteiger partial charge on any atom is 0.228 e. The highest BCUT2D eigenvalue weighted by Crippen LogP contribution is 2.13. The minimum atomic E-state index is -0.0773. The summed E-state index contributed by atoms with van der Waals surface area (Å²) in [6.07, 6.45) is 1.84. The van der Waals surface area contributed by atoms with Crippen molar-refractivity contribution in [1.82, 2.24) is 4.90 Å². The normalized spacial score (nSPS) is 10.3. The van der Waals surface area contributed by atoms with Gasteiger partial charge in [-0.05, 0) is 24.3 Å². The number of para-hydroxylation sites is 1. The molecule has 0 unspecified atom stereocenters. The van der Waals surface area contributed by atoms with E-state index in [1.54, 1.807) is 29.2 Å². The molecule has 0 aliphatic rings. The van der Waals surface area contributed by atoms with Crippen LogP contribution in [0.15, 0.2) is 53.1 Å². The van der Waals surface area contributed by atoms with Crippen molar-refractivity contribution in [2.75, 3.05) is 18.5 Å². The maximum atomic E-state index is 12.2. The number of carbonyl (C=O) groups is 2. The minimum Gasteiger partial charge on any atom is -0.467 e. The molecule has 0 aliphatic carbocycles. The van der Waals surface area contributed by atoms with Crippen molar-refractivity contribution in [2.45, 2.75) is 19.9 Å². The average molecular weight is 300 g/mol. The third-order valence-corrected chi connectivity index (χ3v) is 3.49. The van der Waals surface area contributed by atoms with Gasteiger partial charge in [0.05, 0.1) is 12.8 Å². The highest BCUT2D eigenvalue weighted by Gasteiger charge is 2.16. The Bertz CT molecular complexity index is 608. The third-order valence-electron chi connectivity index (χ3n) is 3.49. The molecule has 1 aromatic heterocycles. The van der Waals surface area contributed by atoms with Crippen molar-refractivity contribution in [1.29, 1.82) is 0 Å². The molecule has 0 aliphatic heterocycles. The molecular weight excluding hydrogens is 280 g/mol. The number of nitrogens with zero attached hydrogens (tertiary/aromatic N) is 2. The molecule has 0 N–H and O–H groups in total. The first-order valence-corrected chi connectivity index (χ1v) is 7.17. The van der Waals surface area contributed by atoms with Gasteiger partial charge in [0.15, 0.2) is 0 Å². The Kier molecular flexibility index (Phi) is 5.36. The van der Waals surface area contributed by atoms with Crippen molar-refractivity contribution in [2.24, 2.45) is 0 Å². The monoisotopic (exact) mass is 300 g/mol. The Hall–Kier alpha value is -2.56. The second-order valence-electron chi connectivity index (χ2n) is 5.06. The van der Waals surface area contributed by atoms with Crippen LogP contribution in [0.4, 0.5) is 5.69 Å². The Morgan fingerprint density at radius 3 is 2.41 bits per heavy atom. The number of carbonyl (C=O) groups excluding carboxylic acids is 2. The summed E-state index contributed by atoms with van der Waals surface area (Å²) in [6.45, 7) is 2.24. The van der Waals surface area contributed by atoms with Gasteiger partial charge in [-0.1, -0.05) is 18.2 Å². The zero-order valence-corrected chi connectivity index (χ0v) is 12.9. The van der Waals surface area contributed by atoms with Crippen molar-refractivity contribution in [3.63, 3.8) is 0 Å². The van der Waals surface area contributed by atoms with E-state index >= 15 is 0 Å². The molecule has 116 valence electrons. The smallest absolute Gasteiger partial charge is 0.228 e. The molecule has 2 amide bonds. The first-order valence-electron chi connectivity index (χ1n) is 7.17. The van der Waals surface area contributed by atoms with Gasteiger partial charge in [-0.3, -0.25) is 9.59 Å². The van der Waals surface area contributed by atoms with E-state index in [0.717, 1.165) is 5.69 Å². The average Bonchev–Trinajstić information content (AvgIpc) is 3.04. The molecule has 1 heterocycles. The molecule has 1 aromatic carbocycles. The summed E-state index contributed by atoms with van der Waals surface area (Å²) in [4.78, 5) is 27.1. The molecule has 5 nitrogen and oxygen atoms in total. The molecule has 2 aromatic rings. The zero-order valence-electron chi connectivity index (χ0n) is 12.9. The predicted molar refractivity (Wildman–Crippen MR) is 84.3 cm³/mol. The van der Waals surface area contributed by atoms with Crippen LogP contribution in [-0.2, 0) is 16.1 Å². The van der Waals surface area contributed by atoms with Crippen molar-refractivity contribution >= 4 is 17.5 Å². The van der Waals surface area contributed by atoms with Gasteiger partial charge in [-0.25, -0.2) is 0 Å². The van der Waals surface area contributed by atoms with Gasteiger partial charge in [0, 0.05) is 32.6 Å². The molecule has 0 fully saturated rings. The summed E-state index contributed by atoms with van der Waals surface area (Å²) < 4.78 is 5.25. The van der Waals surface area contributed by atoms with Gasteiger partial charge in [-0.15, -0.1) is 0 Å². The van der Waals surface area contributed by atoms with Crippen LogP contribution >= 0.6 is 0 Å².